The second-order valence-electron chi connectivity index (χ2n) is 3.45. The molecule has 1 unspecified atom stereocenters. The maximum absolute atomic E-state index is 11.8. The SMILES string of the molecule is Cc1cc(Cl)ccc1C(=O)C(C)C(N)=O. The number of ketones is 1. The van der Waals surface area contributed by atoms with E-state index in [0.29, 0.717) is 10.6 Å². The van der Waals surface area contributed by atoms with E-state index in [0.717, 1.165) is 5.56 Å². The van der Waals surface area contributed by atoms with Crippen LogP contribution in [0.15, 0.2) is 18.2 Å². The van der Waals surface area contributed by atoms with Crippen LogP contribution in [0.5, 0.6) is 0 Å². The van der Waals surface area contributed by atoms with Gasteiger partial charge >= 0.3 is 0 Å². The van der Waals surface area contributed by atoms with Gasteiger partial charge in [0.1, 0.15) is 0 Å². The first-order chi connectivity index (χ1) is 6.93. The maximum atomic E-state index is 11.8. The van der Waals surface area contributed by atoms with Crippen LogP contribution < -0.4 is 5.73 Å². The molecule has 1 amide bonds. The third kappa shape index (κ3) is 2.57. The number of carbonyl (C=O) groups is 2. The summed E-state index contributed by atoms with van der Waals surface area (Å²) >= 11 is 5.76. The number of hydrogen-bond acceptors (Lipinski definition) is 2. The lowest BCUT2D eigenvalue weighted by molar-refractivity contribution is -0.119. The minimum Gasteiger partial charge on any atom is -0.369 e. The zero-order valence-corrected chi connectivity index (χ0v) is 9.34. The Hall–Kier alpha value is -1.35. The van der Waals surface area contributed by atoms with Gasteiger partial charge in [-0.1, -0.05) is 11.6 Å². The Labute approximate surface area is 93.2 Å². The summed E-state index contributed by atoms with van der Waals surface area (Å²) in [6.07, 6.45) is 0. The van der Waals surface area contributed by atoms with Crippen molar-refractivity contribution in [3.05, 3.63) is 34.3 Å². The molecule has 0 aromatic heterocycles. The van der Waals surface area contributed by atoms with Crippen molar-refractivity contribution in [2.24, 2.45) is 11.7 Å². The number of aryl methyl sites for hydroxylation is 1. The second kappa shape index (κ2) is 4.45. The predicted molar refractivity (Wildman–Crippen MR) is 58.9 cm³/mol. The number of hydrogen-bond donors (Lipinski definition) is 1. The molecule has 0 bridgehead atoms. The topological polar surface area (TPSA) is 60.2 Å². The van der Waals surface area contributed by atoms with E-state index in [9.17, 15) is 9.59 Å². The van der Waals surface area contributed by atoms with E-state index >= 15 is 0 Å². The van der Waals surface area contributed by atoms with Gasteiger partial charge < -0.3 is 5.73 Å². The van der Waals surface area contributed by atoms with Crippen molar-refractivity contribution in [2.75, 3.05) is 0 Å². The highest BCUT2D eigenvalue weighted by atomic mass is 35.5. The highest BCUT2D eigenvalue weighted by Crippen LogP contribution is 2.18. The van der Waals surface area contributed by atoms with Gasteiger partial charge in [0.25, 0.3) is 0 Å². The van der Waals surface area contributed by atoms with Gasteiger partial charge in [-0.25, -0.2) is 0 Å². The smallest absolute Gasteiger partial charge is 0.228 e. The number of primary amides is 1. The molecular formula is C11H12ClNO2. The molecule has 0 radical (unpaired) electrons. The molecule has 0 spiro atoms. The molecule has 0 heterocycles. The van der Waals surface area contributed by atoms with Crippen LogP contribution in [-0.4, -0.2) is 11.7 Å². The van der Waals surface area contributed by atoms with Crippen LogP contribution in [0, 0.1) is 12.8 Å². The van der Waals surface area contributed by atoms with Crippen molar-refractivity contribution >= 4 is 23.3 Å². The van der Waals surface area contributed by atoms with Crippen molar-refractivity contribution < 1.29 is 9.59 Å². The minimum absolute atomic E-state index is 0.267. The third-order valence-corrected chi connectivity index (χ3v) is 2.51. The maximum Gasteiger partial charge on any atom is 0.228 e. The van der Waals surface area contributed by atoms with Gasteiger partial charge in [0, 0.05) is 10.6 Å². The van der Waals surface area contributed by atoms with Crippen LogP contribution in [-0.2, 0) is 4.79 Å². The number of amides is 1. The molecule has 1 aromatic rings. The Balaban J connectivity index is 3.07. The summed E-state index contributed by atoms with van der Waals surface area (Å²) in [6, 6.07) is 4.91. The standard InChI is InChI=1S/C11H12ClNO2/c1-6-5-8(12)3-4-9(6)10(14)7(2)11(13)15/h3-5,7H,1-2H3,(H2,13,15). The van der Waals surface area contributed by atoms with Crippen LogP contribution in [0.25, 0.3) is 0 Å². The zero-order chi connectivity index (χ0) is 11.6. The Morgan fingerprint density at radius 1 is 1.40 bits per heavy atom. The van der Waals surface area contributed by atoms with Gasteiger partial charge in [0.05, 0.1) is 5.92 Å². The molecule has 15 heavy (non-hydrogen) atoms. The summed E-state index contributed by atoms with van der Waals surface area (Å²) in [5, 5.41) is 0.566. The molecule has 1 aromatic carbocycles. The van der Waals surface area contributed by atoms with Gasteiger partial charge in [0.15, 0.2) is 5.78 Å². The van der Waals surface area contributed by atoms with E-state index in [1.165, 1.54) is 6.92 Å². The Bertz CT molecular complexity index is 415. The summed E-state index contributed by atoms with van der Waals surface area (Å²) in [5.74, 6) is -1.68. The molecule has 1 rings (SSSR count). The first-order valence-electron chi connectivity index (χ1n) is 4.53. The van der Waals surface area contributed by atoms with Crippen molar-refractivity contribution in [2.45, 2.75) is 13.8 Å². The number of rotatable bonds is 3. The first-order valence-corrected chi connectivity index (χ1v) is 4.91. The first kappa shape index (κ1) is 11.7. The quantitative estimate of drug-likeness (QED) is 0.631. The van der Waals surface area contributed by atoms with Crippen molar-refractivity contribution in [3.63, 3.8) is 0 Å². The fraction of sp³-hybridized carbons (Fsp3) is 0.273. The monoisotopic (exact) mass is 225 g/mol. The largest absolute Gasteiger partial charge is 0.369 e. The average molecular weight is 226 g/mol. The lowest BCUT2D eigenvalue weighted by Crippen LogP contribution is -2.28. The number of carbonyl (C=O) groups excluding carboxylic acids is 2. The Morgan fingerprint density at radius 2 is 2.00 bits per heavy atom. The van der Waals surface area contributed by atoms with E-state index in [2.05, 4.69) is 0 Å². The van der Waals surface area contributed by atoms with Gasteiger partial charge in [-0.05, 0) is 37.6 Å². The Kier molecular flexibility index (Phi) is 3.48. The van der Waals surface area contributed by atoms with Crippen LogP contribution >= 0.6 is 11.6 Å². The van der Waals surface area contributed by atoms with E-state index in [4.69, 9.17) is 17.3 Å². The molecule has 0 fully saturated rings. The molecule has 0 saturated carbocycles. The van der Waals surface area contributed by atoms with Crippen LogP contribution in [0.2, 0.25) is 5.02 Å². The fourth-order valence-corrected chi connectivity index (χ4v) is 1.49. The summed E-state index contributed by atoms with van der Waals surface area (Å²) in [6.45, 7) is 3.27. The van der Waals surface area contributed by atoms with E-state index < -0.39 is 11.8 Å². The third-order valence-electron chi connectivity index (χ3n) is 2.27. The molecule has 80 valence electrons. The van der Waals surface area contributed by atoms with Gasteiger partial charge in [-0.2, -0.15) is 0 Å². The molecule has 0 aliphatic rings. The molecule has 3 nitrogen and oxygen atoms in total. The number of benzene rings is 1. The lowest BCUT2D eigenvalue weighted by atomic mass is 9.95. The van der Waals surface area contributed by atoms with Crippen LogP contribution in [0.1, 0.15) is 22.8 Å². The van der Waals surface area contributed by atoms with Crippen molar-refractivity contribution in [1.82, 2.24) is 0 Å². The number of halogens is 1. The zero-order valence-electron chi connectivity index (χ0n) is 8.58. The number of Topliss-reactive ketones (excluding diaryl/α,β-unsaturated/α-hetero) is 1. The van der Waals surface area contributed by atoms with Gasteiger partial charge in [-0.3, -0.25) is 9.59 Å². The predicted octanol–water partition coefficient (Wildman–Crippen LogP) is 1.95. The van der Waals surface area contributed by atoms with E-state index in [1.54, 1.807) is 25.1 Å². The highest BCUT2D eigenvalue weighted by Gasteiger charge is 2.21. The van der Waals surface area contributed by atoms with Gasteiger partial charge in [-0.15, -0.1) is 0 Å². The summed E-state index contributed by atoms with van der Waals surface area (Å²) < 4.78 is 0. The molecule has 0 aliphatic heterocycles. The minimum atomic E-state index is -0.801. The summed E-state index contributed by atoms with van der Waals surface area (Å²) in [5.41, 5.74) is 6.31. The summed E-state index contributed by atoms with van der Waals surface area (Å²) in [4.78, 5) is 22.6. The average Bonchev–Trinajstić information content (AvgIpc) is 2.15. The lowest BCUT2D eigenvalue weighted by Gasteiger charge is -2.08. The van der Waals surface area contributed by atoms with Crippen molar-refractivity contribution in [3.8, 4) is 0 Å². The van der Waals surface area contributed by atoms with E-state index in [1.807, 2.05) is 0 Å². The van der Waals surface area contributed by atoms with Gasteiger partial charge in [0.2, 0.25) is 5.91 Å². The molecule has 0 aliphatic carbocycles. The normalized spacial score (nSPS) is 12.2. The second-order valence-corrected chi connectivity index (χ2v) is 3.88. The molecule has 0 saturated heterocycles. The van der Waals surface area contributed by atoms with Crippen LogP contribution in [0.4, 0.5) is 0 Å². The van der Waals surface area contributed by atoms with E-state index in [-0.39, 0.29) is 5.78 Å². The molecule has 1 atom stereocenters. The molecule has 4 heteroatoms. The Morgan fingerprint density at radius 3 is 2.47 bits per heavy atom. The molecule has 2 N–H and O–H groups in total. The van der Waals surface area contributed by atoms with Crippen molar-refractivity contribution in [1.29, 1.82) is 0 Å². The highest BCUT2D eigenvalue weighted by molar-refractivity contribution is 6.30. The fourth-order valence-electron chi connectivity index (χ4n) is 1.27. The van der Waals surface area contributed by atoms with Crippen LogP contribution in [0.3, 0.4) is 0 Å². The summed E-state index contributed by atoms with van der Waals surface area (Å²) in [7, 11) is 0. The molecular weight excluding hydrogens is 214 g/mol. The number of nitrogens with two attached hydrogens (primary N) is 1.